The molecule has 0 aliphatic carbocycles. The molecule has 0 aliphatic heterocycles. The molecule has 3 nitrogen and oxygen atoms in total. The molecule has 98 valence electrons. The van der Waals surface area contributed by atoms with Crippen molar-refractivity contribution in [3.05, 3.63) is 42.7 Å². The summed E-state index contributed by atoms with van der Waals surface area (Å²) in [6, 6.07) is 14.6. The number of hydrogen-bond acceptors (Lipinski definition) is 5. The summed E-state index contributed by atoms with van der Waals surface area (Å²) in [4.78, 5) is 10.8. The van der Waals surface area contributed by atoms with Crippen molar-refractivity contribution in [3.63, 3.8) is 0 Å². The SMILES string of the molecule is C[C@H](C#N)Sc1ncnc2sc(-c3ccccc3)cc12. The normalized spacial score (nSPS) is 12.2. The van der Waals surface area contributed by atoms with E-state index in [0.29, 0.717) is 0 Å². The molecule has 20 heavy (non-hydrogen) atoms. The number of thiophene rings is 1. The van der Waals surface area contributed by atoms with Crippen LogP contribution in [0.3, 0.4) is 0 Å². The van der Waals surface area contributed by atoms with Crippen LogP contribution in [0, 0.1) is 11.3 Å². The van der Waals surface area contributed by atoms with Gasteiger partial charge in [0.25, 0.3) is 0 Å². The molecule has 1 atom stereocenters. The predicted molar refractivity (Wildman–Crippen MR) is 83.8 cm³/mol. The van der Waals surface area contributed by atoms with Crippen molar-refractivity contribution in [2.45, 2.75) is 17.2 Å². The zero-order valence-corrected chi connectivity index (χ0v) is 12.4. The number of benzene rings is 1. The van der Waals surface area contributed by atoms with E-state index < -0.39 is 0 Å². The lowest BCUT2D eigenvalue weighted by Crippen LogP contribution is -1.92. The molecule has 5 heteroatoms. The lowest BCUT2D eigenvalue weighted by molar-refractivity contribution is 1.10. The van der Waals surface area contributed by atoms with Gasteiger partial charge >= 0.3 is 0 Å². The van der Waals surface area contributed by atoms with Crippen molar-refractivity contribution in [1.82, 2.24) is 9.97 Å². The second-order valence-corrected chi connectivity index (χ2v) is 6.62. The standard InChI is InChI=1S/C15H11N3S2/c1-10(8-16)19-14-12-7-13(11-5-3-2-4-6-11)20-15(12)18-9-17-14/h2-7,9-10H,1H3/t10-/m1/s1. The molecule has 2 aromatic heterocycles. The van der Waals surface area contributed by atoms with Gasteiger partial charge in [-0.25, -0.2) is 9.97 Å². The second-order valence-electron chi connectivity index (χ2n) is 4.26. The number of nitrogens with zero attached hydrogens (tertiary/aromatic N) is 3. The minimum absolute atomic E-state index is 0.117. The van der Waals surface area contributed by atoms with E-state index in [4.69, 9.17) is 5.26 Å². The second kappa shape index (κ2) is 5.61. The van der Waals surface area contributed by atoms with Crippen LogP contribution in [-0.2, 0) is 0 Å². The van der Waals surface area contributed by atoms with Gasteiger partial charge in [0.15, 0.2) is 0 Å². The number of nitriles is 1. The van der Waals surface area contributed by atoms with Gasteiger partial charge in [-0.3, -0.25) is 0 Å². The molecule has 0 spiro atoms. The highest BCUT2D eigenvalue weighted by Crippen LogP contribution is 2.36. The van der Waals surface area contributed by atoms with Gasteiger partial charge in [0.2, 0.25) is 0 Å². The maximum Gasteiger partial charge on any atom is 0.128 e. The summed E-state index contributed by atoms with van der Waals surface area (Å²) in [5, 5.41) is 10.7. The van der Waals surface area contributed by atoms with Crippen LogP contribution in [0.15, 0.2) is 47.8 Å². The largest absolute Gasteiger partial charge is 0.229 e. The first-order valence-corrected chi connectivity index (χ1v) is 7.84. The molecule has 0 aliphatic rings. The van der Waals surface area contributed by atoms with Gasteiger partial charge in [0, 0.05) is 10.3 Å². The Morgan fingerprint density at radius 1 is 1.25 bits per heavy atom. The van der Waals surface area contributed by atoms with Crippen LogP contribution < -0.4 is 0 Å². The van der Waals surface area contributed by atoms with Crippen molar-refractivity contribution in [2.75, 3.05) is 0 Å². The number of hydrogen-bond donors (Lipinski definition) is 0. The molecule has 0 N–H and O–H groups in total. The lowest BCUT2D eigenvalue weighted by Gasteiger charge is -2.01. The quantitative estimate of drug-likeness (QED) is 0.532. The van der Waals surface area contributed by atoms with Crippen LogP contribution in [0.2, 0.25) is 0 Å². The van der Waals surface area contributed by atoms with Crippen LogP contribution in [0.25, 0.3) is 20.7 Å². The average molecular weight is 297 g/mol. The van der Waals surface area contributed by atoms with Crippen molar-refractivity contribution < 1.29 is 0 Å². The summed E-state index contributed by atoms with van der Waals surface area (Å²) in [5.74, 6) is 0. The molecule has 0 fully saturated rings. The van der Waals surface area contributed by atoms with Crippen molar-refractivity contribution in [3.8, 4) is 16.5 Å². The third-order valence-corrected chi connectivity index (χ3v) is 4.92. The molecule has 0 saturated carbocycles. The van der Waals surface area contributed by atoms with Gasteiger partial charge in [-0.15, -0.1) is 11.3 Å². The summed E-state index contributed by atoms with van der Waals surface area (Å²) in [6.07, 6.45) is 1.57. The Kier molecular flexibility index (Phi) is 3.68. The van der Waals surface area contributed by atoms with Crippen LogP contribution >= 0.6 is 23.1 Å². The predicted octanol–water partition coefficient (Wildman–Crippen LogP) is 4.36. The summed E-state index contributed by atoms with van der Waals surface area (Å²) in [6.45, 7) is 1.88. The molecule has 0 amide bonds. The van der Waals surface area contributed by atoms with Crippen LogP contribution in [0.5, 0.6) is 0 Å². The molecular formula is C15H11N3S2. The lowest BCUT2D eigenvalue weighted by atomic mass is 10.2. The molecule has 0 unspecified atom stereocenters. The van der Waals surface area contributed by atoms with E-state index in [2.05, 4.69) is 34.2 Å². The van der Waals surface area contributed by atoms with Crippen molar-refractivity contribution in [1.29, 1.82) is 5.26 Å². The Labute approximate surface area is 125 Å². The topological polar surface area (TPSA) is 49.6 Å². The third kappa shape index (κ3) is 2.53. The minimum atomic E-state index is -0.117. The number of thioether (sulfide) groups is 1. The van der Waals surface area contributed by atoms with Crippen LogP contribution in [0.1, 0.15) is 6.92 Å². The summed E-state index contributed by atoms with van der Waals surface area (Å²) in [7, 11) is 0. The van der Waals surface area contributed by atoms with Crippen LogP contribution in [0.4, 0.5) is 0 Å². The highest BCUT2D eigenvalue weighted by atomic mass is 32.2. The summed E-state index contributed by atoms with van der Waals surface area (Å²) >= 11 is 3.13. The Hall–Kier alpha value is -1.90. The van der Waals surface area contributed by atoms with Gasteiger partial charge in [-0.2, -0.15) is 5.26 Å². The molecular weight excluding hydrogens is 286 g/mol. The maximum atomic E-state index is 8.94. The first-order chi connectivity index (χ1) is 9.78. The van der Waals surface area contributed by atoms with Gasteiger partial charge in [-0.05, 0) is 18.6 Å². The third-order valence-electron chi connectivity index (χ3n) is 2.82. The molecule has 2 heterocycles. The van der Waals surface area contributed by atoms with E-state index in [1.54, 1.807) is 17.7 Å². The zero-order chi connectivity index (χ0) is 13.9. The fourth-order valence-corrected chi connectivity index (χ4v) is 3.71. The molecule has 3 rings (SSSR count). The van der Waals surface area contributed by atoms with Gasteiger partial charge in [0.05, 0.1) is 11.3 Å². The highest BCUT2D eigenvalue weighted by Gasteiger charge is 2.12. The molecule has 0 bridgehead atoms. The minimum Gasteiger partial charge on any atom is -0.229 e. The first-order valence-electron chi connectivity index (χ1n) is 6.14. The number of fused-ring (bicyclic) bond motifs is 1. The van der Waals surface area contributed by atoms with E-state index in [-0.39, 0.29) is 5.25 Å². The van der Waals surface area contributed by atoms with E-state index in [0.717, 1.165) is 15.2 Å². The molecule has 0 saturated heterocycles. The fraction of sp³-hybridized carbons (Fsp3) is 0.133. The van der Waals surface area contributed by atoms with Gasteiger partial charge < -0.3 is 0 Å². The van der Waals surface area contributed by atoms with Crippen LogP contribution in [-0.4, -0.2) is 15.2 Å². The first kappa shape index (κ1) is 13.1. The Morgan fingerprint density at radius 3 is 2.80 bits per heavy atom. The average Bonchev–Trinajstić information content (AvgIpc) is 2.93. The number of rotatable bonds is 3. The van der Waals surface area contributed by atoms with Crippen molar-refractivity contribution >= 4 is 33.3 Å². The van der Waals surface area contributed by atoms with Gasteiger partial charge in [-0.1, -0.05) is 42.1 Å². The molecule has 0 radical (unpaired) electrons. The monoisotopic (exact) mass is 297 g/mol. The highest BCUT2D eigenvalue weighted by molar-refractivity contribution is 8.00. The Balaban J connectivity index is 2.08. The smallest absolute Gasteiger partial charge is 0.128 e. The number of aromatic nitrogens is 2. The van der Waals surface area contributed by atoms with E-state index in [1.165, 1.54) is 22.2 Å². The van der Waals surface area contributed by atoms with Gasteiger partial charge in [0.1, 0.15) is 16.2 Å². The Morgan fingerprint density at radius 2 is 2.05 bits per heavy atom. The summed E-state index contributed by atoms with van der Waals surface area (Å²) in [5.41, 5.74) is 1.18. The van der Waals surface area contributed by atoms with Crippen molar-refractivity contribution in [2.24, 2.45) is 0 Å². The Bertz CT molecular complexity index is 775. The fourth-order valence-electron chi connectivity index (χ4n) is 1.87. The zero-order valence-electron chi connectivity index (χ0n) is 10.8. The van der Waals surface area contributed by atoms with E-state index in [1.807, 2.05) is 25.1 Å². The molecule has 3 aromatic rings. The molecule has 1 aromatic carbocycles. The maximum absolute atomic E-state index is 8.94. The van der Waals surface area contributed by atoms with E-state index >= 15 is 0 Å². The van der Waals surface area contributed by atoms with E-state index in [9.17, 15) is 0 Å². The summed E-state index contributed by atoms with van der Waals surface area (Å²) < 4.78 is 0.